The van der Waals surface area contributed by atoms with Gasteiger partial charge in [0.15, 0.2) is 11.5 Å². The summed E-state index contributed by atoms with van der Waals surface area (Å²) in [4.78, 5) is 2.50. The molecule has 0 spiro atoms. The lowest BCUT2D eigenvalue weighted by atomic mass is 9.99. The van der Waals surface area contributed by atoms with E-state index in [1.807, 2.05) is 6.07 Å². The van der Waals surface area contributed by atoms with Crippen LogP contribution in [0, 0.1) is 5.92 Å². The molecule has 1 aliphatic heterocycles. The number of nitrogens with one attached hydrogen (secondary N) is 1. The summed E-state index contributed by atoms with van der Waals surface area (Å²) < 4.78 is 0. The molecule has 1 aliphatic carbocycles. The molecule has 1 heterocycles. The van der Waals surface area contributed by atoms with Crippen molar-refractivity contribution in [1.29, 1.82) is 0 Å². The Labute approximate surface area is 132 Å². The van der Waals surface area contributed by atoms with Crippen LogP contribution in [-0.2, 0) is 0 Å². The third kappa shape index (κ3) is 3.70. The van der Waals surface area contributed by atoms with Crippen LogP contribution in [0.25, 0.3) is 0 Å². The minimum Gasteiger partial charge on any atom is -0.504 e. The molecule has 1 aromatic rings. The normalized spacial score (nSPS) is 20.6. The van der Waals surface area contributed by atoms with Gasteiger partial charge in [-0.25, -0.2) is 0 Å². The molecule has 1 atom stereocenters. The van der Waals surface area contributed by atoms with Crippen LogP contribution in [0.5, 0.6) is 11.5 Å². The molecule has 1 saturated carbocycles. The predicted octanol–water partition coefficient (Wildman–Crippen LogP) is 2.30. The fraction of sp³-hybridized carbons (Fsp3) is 0.571. The minimum absolute atomic E-state index is 0. The number of halogens is 2. The number of rotatable bonds is 3. The lowest BCUT2D eigenvalue weighted by Gasteiger charge is -2.35. The summed E-state index contributed by atoms with van der Waals surface area (Å²) in [5, 5.41) is 22.5. The van der Waals surface area contributed by atoms with Gasteiger partial charge in [-0.15, -0.1) is 24.8 Å². The summed E-state index contributed by atoms with van der Waals surface area (Å²) in [6.45, 7) is 4.19. The van der Waals surface area contributed by atoms with Crippen molar-refractivity contribution >= 4 is 24.8 Å². The first-order valence-electron chi connectivity index (χ1n) is 6.72. The van der Waals surface area contributed by atoms with Crippen LogP contribution in [0.15, 0.2) is 18.2 Å². The molecular formula is C14H22Cl2N2O2. The zero-order chi connectivity index (χ0) is 12.5. The smallest absolute Gasteiger partial charge is 0.157 e. The zero-order valence-electron chi connectivity index (χ0n) is 11.3. The monoisotopic (exact) mass is 320 g/mol. The van der Waals surface area contributed by atoms with E-state index >= 15 is 0 Å². The summed E-state index contributed by atoms with van der Waals surface area (Å²) in [6, 6.07) is 5.67. The number of piperazine rings is 1. The molecule has 1 aromatic carbocycles. The van der Waals surface area contributed by atoms with E-state index in [1.165, 1.54) is 12.8 Å². The van der Waals surface area contributed by atoms with E-state index in [4.69, 9.17) is 0 Å². The second-order valence-electron chi connectivity index (χ2n) is 5.32. The third-order valence-electron chi connectivity index (χ3n) is 3.95. The molecule has 0 radical (unpaired) electrons. The Bertz CT molecular complexity index is 435. The van der Waals surface area contributed by atoms with Crippen molar-refractivity contribution in [2.24, 2.45) is 5.92 Å². The van der Waals surface area contributed by atoms with E-state index in [9.17, 15) is 10.2 Å². The van der Waals surface area contributed by atoms with Crippen molar-refractivity contribution in [2.75, 3.05) is 26.2 Å². The van der Waals surface area contributed by atoms with Crippen LogP contribution in [-0.4, -0.2) is 41.3 Å². The standard InChI is InChI=1S/C14H20N2O2.2ClH/c17-12-4-3-11(9-13(12)18)14(10-1-2-10)16-7-5-15-6-8-16;;/h3-4,9-10,14-15,17-18H,1-2,5-8H2;2*1H/t14-;;/m0../s1. The summed E-state index contributed by atoms with van der Waals surface area (Å²) in [5.41, 5.74) is 1.13. The molecule has 3 rings (SSSR count). The molecular weight excluding hydrogens is 299 g/mol. The van der Waals surface area contributed by atoms with Gasteiger partial charge in [-0.05, 0) is 36.5 Å². The molecule has 1 saturated heterocycles. The van der Waals surface area contributed by atoms with Gasteiger partial charge < -0.3 is 15.5 Å². The molecule has 4 nitrogen and oxygen atoms in total. The lowest BCUT2D eigenvalue weighted by Crippen LogP contribution is -2.45. The van der Waals surface area contributed by atoms with Crippen LogP contribution in [0.4, 0.5) is 0 Å². The average molecular weight is 321 g/mol. The fourth-order valence-corrected chi connectivity index (χ4v) is 2.88. The van der Waals surface area contributed by atoms with Gasteiger partial charge in [-0.1, -0.05) is 6.07 Å². The van der Waals surface area contributed by atoms with Crippen molar-refractivity contribution in [1.82, 2.24) is 10.2 Å². The Morgan fingerprint density at radius 3 is 2.25 bits per heavy atom. The SMILES string of the molecule is Cl.Cl.Oc1ccc([C@H](C2CC2)N2CCNCC2)cc1O. The molecule has 3 N–H and O–H groups in total. The maximum atomic E-state index is 9.67. The lowest BCUT2D eigenvalue weighted by molar-refractivity contribution is 0.156. The highest BCUT2D eigenvalue weighted by molar-refractivity contribution is 5.85. The fourth-order valence-electron chi connectivity index (χ4n) is 2.88. The Balaban J connectivity index is 0.000001000. The molecule has 20 heavy (non-hydrogen) atoms. The van der Waals surface area contributed by atoms with Gasteiger partial charge in [-0.2, -0.15) is 0 Å². The average Bonchev–Trinajstić information content (AvgIpc) is 3.20. The summed E-state index contributed by atoms with van der Waals surface area (Å²) in [5.74, 6) is 0.675. The van der Waals surface area contributed by atoms with E-state index in [0.29, 0.717) is 12.0 Å². The number of hydrogen-bond donors (Lipinski definition) is 3. The van der Waals surface area contributed by atoms with Gasteiger partial charge in [-0.3, -0.25) is 4.90 Å². The van der Waals surface area contributed by atoms with Crippen LogP contribution in [0.3, 0.4) is 0 Å². The summed E-state index contributed by atoms with van der Waals surface area (Å²) in [6.07, 6.45) is 2.55. The van der Waals surface area contributed by atoms with Crippen molar-refractivity contribution in [3.8, 4) is 11.5 Å². The highest BCUT2D eigenvalue weighted by atomic mass is 35.5. The van der Waals surface area contributed by atoms with E-state index < -0.39 is 0 Å². The highest BCUT2D eigenvalue weighted by Crippen LogP contribution is 2.45. The summed E-state index contributed by atoms with van der Waals surface area (Å²) in [7, 11) is 0. The van der Waals surface area contributed by atoms with Crippen LogP contribution in [0.1, 0.15) is 24.4 Å². The topological polar surface area (TPSA) is 55.7 Å². The number of nitrogens with zero attached hydrogens (tertiary/aromatic N) is 1. The van der Waals surface area contributed by atoms with Crippen LogP contribution >= 0.6 is 24.8 Å². The first-order chi connectivity index (χ1) is 8.75. The number of phenolic OH excluding ortho intramolecular Hbond substituents is 2. The van der Waals surface area contributed by atoms with Crippen molar-refractivity contribution in [3.05, 3.63) is 23.8 Å². The predicted molar refractivity (Wildman–Crippen MR) is 84.2 cm³/mol. The van der Waals surface area contributed by atoms with Crippen LogP contribution in [0.2, 0.25) is 0 Å². The molecule has 0 unspecified atom stereocenters. The molecule has 2 fully saturated rings. The quantitative estimate of drug-likeness (QED) is 0.748. The van der Waals surface area contributed by atoms with E-state index in [0.717, 1.165) is 31.7 Å². The van der Waals surface area contributed by atoms with E-state index in [2.05, 4.69) is 10.2 Å². The molecule has 6 heteroatoms. The number of hydrogen-bond acceptors (Lipinski definition) is 4. The summed E-state index contributed by atoms with van der Waals surface area (Å²) >= 11 is 0. The maximum absolute atomic E-state index is 9.67. The third-order valence-corrected chi connectivity index (χ3v) is 3.95. The number of phenols is 2. The molecule has 0 aromatic heterocycles. The van der Waals surface area contributed by atoms with Crippen molar-refractivity contribution in [2.45, 2.75) is 18.9 Å². The van der Waals surface area contributed by atoms with Gasteiger partial charge in [0, 0.05) is 32.2 Å². The van der Waals surface area contributed by atoms with Gasteiger partial charge in [0.25, 0.3) is 0 Å². The van der Waals surface area contributed by atoms with E-state index in [-0.39, 0.29) is 36.3 Å². The Morgan fingerprint density at radius 2 is 1.70 bits per heavy atom. The Kier molecular flexibility index (Phi) is 6.40. The zero-order valence-corrected chi connectivity index (χ0v) is 12.9. The van der Waals surface area contributed by atoms with Crippen molar-refractivity contribution in [3.63, 3.8) is 0 Å². The Morgan fingerprint density at radius 1 is 1.05 bits per heavy atom. The largest absolute Gasteiger partial charge is 0.504 e. The first-order valence-corrected chi connectivity index (χ1v) is 6.72. The maximum Gasteiger partial charge on any atom is 0.157 e. The number of benzene rings is 1. The van der Waals surface area contributed by atoms with Gasteiger partial charge in [0.05, 0.1) is 0 Å². The first kappa shape index (κ1) is 17.4. The molecule has 0 amide bonds. The van der Waals surface area contributed by atoms with Crippen LogP contribution < -0.4 is 5.32 Å². The molecule has 0 bridgehead atoms. The highest BCUT2D eigenvalue weighted by Gasteiger charge is 2.36. The second-order valence-corrected chi connectivity index (χ2v) is 5.32. The van der Waals surface area contributed by atoms with E-state index in [1.54, 1.807) is 12.1 Å². The molecule has 2 aliphatic rings. The van der Waals surface area contributed by atoms with Gasteiger partial charge >= 0.3 is 0 Å². The Hall–Kier alpha value is -0.680. The van der Waals surface area contributed by atoms with Gasteiger partial charge in [0.2, 0.25) is 0 Å². The molecule has 114 valence electrons. The minimum atomic E-state index is -0.0337. The van der Waals surface area contributed by atoms with Gasteiger partial charge in [0.1, 0.15) is 0 Å². The van der Waals surface area contributed by atoms with Crippen molar-refractivity contribution < 1.29 is 10.2 Å². The second kappa shape index (κ2) is 7.36. The number of aromatic hydroxyl groups is 2.